The molecule has 0 spiro atoms. The van der Waals surface area contributed by atoms with Gasteiger partial charge in [-0.1, -0.05) is 51.4 Å². The molecule has 0 fully saturated rings. The first-order valence-corrected chi connectivity index (χ1v) is 6.57. The summed E-state index contributed by atoms with van der Waals surface area (Å²) in [7, 11) is 0. The largest absolute Gasteiger partial charge is 0.376 e. The quantitative estimate of drug-likeness (QED) is 0.724. The Balaban J connectivity index is 2.28. The van der Waals surface area contributed by atoms with Crippen molar-refractivity contribution in [2.45, 2.75) is 40.7 Å². The number of benzene rings is 1. The molecular weight excluding hydrogens is 232 g/mol. The SMILES string of the molecule is CC(COCc1cccc(Cl)c1)CC(C)(C)C. The van der Waals surface area contributed by atoms with Crippen molar-refractivity contribution in [1.29, 1.82) is 0 Å². The average molecular weight is 255 g/mol. The second kappa shape index (κ2) is 6.42. The third kappa shape index (κ3) is 6.70. The highest BCUT2D eigenvalue weighted by molar-refractivity contribution is 6.30. The lowest BCUT2D eigenvalue weighted by atomic mass is 9.86. The summed E-state index contributed by atoms with van der Waals surface area (Å²) in [6.45, 7) is 10.5. The van der Waals surface area contributed by atoms with Gasteiger partial charge in [0.2, 0.25) is 0 Å². The molecule has 2 heteroatoms. The van der Waals surface area contributed by atoms with Crippen LogP contribution in [0.1, 0.15) is 39.7 Å². The minimum atomic E-state index is 0.374. The molecule has 0 heterocycles. The van der Waals surface area contributed by atoms with E-state index in [1.54, 1.807) is 0 Å². The van der Waals surface area contributed by atoms with Crippen molar-refractivity contribution in [3.8, 4) is 0 Å². The van der Waals surface area contributed by atoms with Gasteiger partial charge >= 0.3 is 0 Å². The fourth-order valence-corrected chi connectivity index (χ4v) is 2.32. The van der Waals surface area contributed by atoms with Crippen molar-refractivity contribution >= 4 is 11.6 Å². The molecular formula is C15H23ClO. The number of hydrogen-bond donors (Lipinski definition) is 0. The summed E-state index contributed by atoms with van der Waals surface area (Å²) in [4.78, 5) is 0. The topological polar surface area (TPSA) is 9.23 Å². The Kier molecular flexibility index (Phi) is 5.48. The Hall–Kier alpha value is -0.530. The molecule has 1 rings (SSSR count). The van der Waals surface area contributed by atoms with E-state index in [2.05, 4.69) is 27.7 Å². The van der Waals surface area contributed by atoms with Crippen molar-refractivity contribution in [1.82, 2.24) is 0 Å². The molecule has 17 heavy (non-hydrogen) atoms. The van der Waals surface area contributed by atoms with Crippen molar-refractivity contribution < 1.29 is 4.74 Å². The highest BCUT2D eigenvalue weighted by Gasteiger charge is 2.15. The second-order valence-corrected chi connectivity index (χ2v) is 6.45. The molecule has 1 nitrogen and oxygen atoms in total. The van der Waals surface area contributed by atoms with Crippen LogP contribution in [-0.2, 0) is 11.3 Å². The summed E-state index contributed by atoms with van der Waals surface area (Å²) in [6.07, 6.45) is 1.18. The lowest BCUT2D eigenvalue weighted by molar-refractivity contribution is 0.0781. The molecule has 0 aliphatic heterocycles. The molecule has 0 saturated carbocycles. The molecule has 0 saturated heterocycles. The van der Waals surface area contributed by atoms with Crippen LogP contribution in [0.2, 0.25) is 5.02 Å². The molecule has 0 bridgehead atoms. The van der Waals surface area contributed by atoms with Gasteiger partial charge in [0.15, 0.2) is 0 Å². The summed E-state index contributed by atoms with van der Waals surface area (Å²) in [5, 5.41) is 0.772. The Labute approximate surface area is 110 Å². The summed E-state index contributed by atoms with van der Waals surface area (Å²) < 4.78 is 5.72. The first-order chi connectivity index (χ1) is 7.87. The van der Waals surface area contributed by atoms with Crippen molar-refractivity contribution in [2.75, 3.05) is 6.61 Å². The van der Waals surface area contributed by atoms with Crippen molar-refractivity contribution in [2.24, 2.45) is 11.3 Å². The number of hydrogen-bond acceptors (Lipinski definition) is 1. The van der Waals surface area contributed by atoms with Crippen LogP contribution in [-0.4, -0.2) is 6.61 Å². The third-order valence-corrected chi connectivity index (χ3v) is 2.76. The highest BCUT2D eigenvalue weighted by Crippen LogP contribution is 2.24. The number of ether oxygens (including phenoxy) is 1. The van der Waals surface area contributed by atoms with Crippen LogP contribution in [0.3, 0.4) is 0 Å². The molecule has 1 aromatic rings. The first kappa shape index (κ1) is 14.5. The van der Waals surface area contributed by atoms with E-state index >= 15 is 0 Å². The third-order valence-electron chi connectivity index (χ3n) is 2.52. The Bertz CT molecular complexity index is 341. The van der Waals surface area contributed by atoms with E-state index in [-0.39, 0.29) is 0 Å². The maximum absolute atomic E-state index is 5.92. The lowest BCUT2D eigenvalue weighted by Crippen LogP contribution is -2.15. The molecule has 1 aromatic carbocycles. The Morgan fingerprint density at radius 1 is 1.29 bits per heavy atom. The van der Waals surface area contributed by atoms with Gasteiger partial charge in [0.1, 0.15) is 0 Å². The van der Waals surface area contributed by atoms with Crippen molar-refractivity contribution in [3.05, 3.63) is 34.9 Å². The fourth-order valence-electron chi connectivity index (χ4n) is 2.11. The van der Waals surface area contributed by atoms with E-state index in [0.717, 1.165) is 17.2 Å². The molecule has 0 radical (unpaired) electrons. The van der Waals surface area contributed by atoms with E-state index in [1.807, 2.05) is 24.3 Å². The standard InChI is InChI=1S/C15H23ClO/c1-12(9-15(2,3)4)10-17-11-13-6-5-7-14(16)8-13/h5-8,12H,9-11H2,1-4H3. The van der Waals surface area contributed by atoms with Gasteiger partial charge in [0.25, 0.3) is 0 Å². The maximum Gasteiger partial charge on any atom is 0.0717 e. The van der Waals surface area contributed by atoms with E-state index in [1.165, 1.54) is 6.42 Å². The van der Waals surface area contributed by atoms with Crippen LogP contribution in [0.25, 0.3) is 0 Å². The molecule has 0 aromatic heterocycles. The molecule has 0 amide bonds. The summed E-state index contributed by atoms with van der Waals surface area (Å²) >= 11 is 5.92. The van der Waals surface area contributed by atoms with Crippen LogP contribution in [0.4, 0.5) is 0 Å². The van der Waals surface area contributed by atoms with Crippen LogP contribution in [0.15, 0.2) is 24.3 Å². The van der Waals surface area contributed by atoms with Gasteiger partial charge in [-0.15, -0.1) is 0 Å². The first-order valence-electron chi connectivity index (χ1n) is 6.19. The summed E-state index contributed by atoms with van der Waals surface area (Å²) in [5.41, 5.74) is 1.51. The zero-order valence-corrected chi connectivity index (χ0v) is 12.1. The van der Waals surface area contributed by atoms with Gasteiger partial charge in [0.05, 0.1) is 6.61 Å². The highest BCUT2D eigenvalue weighted by atomic mass is 35.5. The van der Waals surface area contributed by atoms with Crippen molar-refractivity contribution in [3.63, 3.8) is 0 Å². The van der Waals surface area contributed by atoms with Gasteiger partial charge in [-0.3, -0.25) is 0 Å². The monoisotopic (exact) mass is 254 g/mol. The van der Waals surface area contributed by atoms with Crippen LogP contribution >= 0.6 is 11.6 Å². The van der Waals surface area contributed by atoms with E-state index in [0.29, 0.717) is 17.9 Å². The van der Waals surface area contributed by atoms with Crippen LogP contribution in [0.5, 0.6) is 0 Å². The van der Waals surface area contributed by atoms with Gasteiger partial charge in [-0.2, -0.15) is 0 Å². The van der Waals surface area contributed by atoms with E-state index < -0.39 is 0 Å². The zero-order valence-electron chi connectivity index (χ0n) is 11.3. The van der Waals surface area contributed by atoms with Gasteiger partial charge in [0, 0.05) is 11.6 Å². The Morgan fingerprint density at radius 3 is 2.59 bits per heavy atom. The van der Waals surface area contributed by atoms with Gasteiger partial charge in [-0.05, 0) is 35.4 Å². The minimum Gasteiger partial charge on any atom is -0.376 e. The molecule has 1 atom stereocenters. The minimum absolute atomic E-state index is 0.374. The Morgan fingerprint density at radius 2 is 2.00 bits per heavy atom. The summed E-state index contributed by atoms with van der Waals surface area (Å²) in [5.74, 6) is 0.592. The van der Waals surface area contributed by atoms with Crippen LogP contribution < -0.4 is 0 Å². The normalized spacial score (nSPS) is 13.7. The molecule has 0 aliphatic rings. The smallest absolute Gasteiger partial charge is 0.0717 e. The number of halogens is 1. The molecule has 0 aliphatic carbocycles. The molecule has 96 valence electrons. The average Bonchev–Trinajstić information content (AvgIpc) is 2.14. The predicted molar refractivity (Wildman–Crippen MR) is 74.3 cm³/mol. The molecule has 0 N–H and O–H groups in total. The molecule has 1 unspecified atom stereocenters. The summed E-state index contributed by atoms with van der Waals surface area (Å²) in [6, 6.07) is 7.84. The maximum atomic E-state index is 5.92. The number of rotatable bonds is 5. The van der Waals surface area contributed by atoms with Crippen LogP contribution in [0, 0.1) is 11.3 Å². The predicted octanol–water partition coefficient (Wildman–Crippen LogP) is 4.93. The van der Waals surface area contributed by atoms with E-state index in [4.69, 9.17) is 16.3 Å². The lowest BCUT2D eigenvalue weighted by Gasteiger charge is -2.23. The van der Waals surface area contributed by atoms with Gasteiger partial charge < -0.3 is 4.74 Å². The van der Waals surface area contributed by atoms with Gasteiger partial charge in [-0.25, -0.2) is 0 Å². The zero-order chi connectivity index (χ0) is 12.9. The van der Waals surface area contributed by atoms with E-state index in [9.17, 15) is 0 Å². The second-order valence-electron chi connectivity index (χ2n) is 6.02. The fraction of sp³-hybridized carbons (Fsp3) is 0.600.